The van der Waals surface area contributed by atoms with Gasteiger partial charge in [0.15, 0.2) is 0 Å². The molecule has 0 saturated carbocycles. The number of halogens is 1. The van der Waals surface area contributed by atoms with Gasteiger partial charge in [-0.2, -0.15) is 0 Å². The van der Waals surface area contributed by atoms with E-state index in [0.717, 1.165) is 20.8 Å². The summed E-state index contributed by atoms with van der Waals surface area (Å²) in [5.41, 5.74) is 7.50. The number of hydrogen-bond acceptors (Lipinski definition) is 5. The Balaban J connectivity index is 1.82. The molecule has 1 aromatic carbocycles. The van der Waals surface area contributed by atoms with Gasteiger partial charge in [-0.25, -0.2) is 4.98 Å². The van der Waals surface area contributed by atoms with Crippen molar-refractivity contribution in [1.29, 1.82) is 0 Å². The largest absolute Gasteiger partial charge is 0.397 e. The van der Waals surface area contributed by atoms with E-state index in [4.69, 9.17) is 17.3 Å². The number of thiophene rings is 1. The van der Waals surface area contributed by atoms with Gasteiger partial charge < -0.3 is 11.1 Å². The number of nitrogens with zero attached hydrogens (tertiary/aromatic N) is 1. The molecule has 0 unspecified atom stereocenters. The van der Waals surface area contributed by atoms with Crippen LogP contribution in [0, 0.1) is 6.92 Å². The molecule has 0 aliphatic heterocycles. The fraction of sp³-hybridized carbons (Fsp3) is 0.143. The average Bonchev–Trinajstić information content (AvgIpc) is 3.01. The Morgan fingerprint density at radius 1 is 1.48 bits per heavy atom. The van der Waals surface area contributed by atoms with Crippen LogP contribution in [0.1, 0.15) is 20.4 Å². The smallest absolute Gasteiger partial charge is 0.263 e. The predicted molar refractivity (Wildman–Crippen MR) is 89.3 cm³/mol. The zero-order valence-electron chi connectivity index (χ0n) is 11.1. The molecule has 0 aliphatic carbocycles. The van der Waals surface area contributed by atoms with Crippen molar-refractivity contribution in [3.05, 3.63) is 44.2 Å². The van der Waals surface area contributed by atoms with Crippen LogP contribution in [-0.2, 0) is 6.54 Å². The second-order valence-electron chi connectivity index (χ2n) is 4.55. The first-order chi connectivity index (χ1) is 10.0. The number of nitrogens with one attached hydrogen (secondary N) is 1. The van der Waals surface area contributed by atoms with Crippen LogP contribution in [0.2, 0.25) is 5.02 Å². The van der Waals surface area contributed by atoms with E-state index in [1.807, 2.05) is 18.4 Å². The van der Waals surface area contributed by atoms with E-state index in [9.17, 15) is 4.79 Å². The summed E-state index contributed by atoms with van der Waals surface area (Å²) in [7, 11) is 0. The highest BCUT2D eigenvalue weighted by Gasteiger charge is 2.16. The van der Waals surface area contributed by atoms with E-state index in [1.54, 1.807) is 12.1 Å². The summed E-state index contributed by atoms with van der Waals surface area (Å²) < 4.78 is 0.951. The number of amides is 1. The average molecular weight is 338 g/mol. The first kappa shape index (κ1) is 14.3. The van der Waals surface area contributed by atoms with Gasteiger partial charge in [-0.15, -0.1) is 22.7 Å². The second kappa shape index (κ2) is 5.63. The molecule has 3 N–H and O–H groups in total. The van der Waals surface area contributed by atoms with Crippen molar-refractivity contribution in [3.63, 3.8) is 0 Å². The van der Waals surface area contributed by atoms with Gasteiger partial charge in [0.1, 0.15) is 9.88 Å². The van der Waals surface area contributed by atoms with E-state index < -0.39 is 0 Å². The molecule has 2 aromatic heterocycles. The Bertz CT molecular complexity index is 825. The lowest BCUT2D eigenvalue weighted by molar-refractivity contribution is 0.0956. The summed E-state index contributed by atoms with van der Waals surface area (Å²) in [5, 5.41) is 7.12. The SMILES string of the molecule is Cc1csc(CNC(=O)c2sc3ccc(Cl)cc3c2N)n1. The molecular weight excluding hydrogens is 326 g/mol. The summed E-state index contributed by atoms with van der Waals surface area (Å²) >= 11 is 8.86. The van der Waals surface area contributed by atoms with Crippen molar-refractivity contribution in [1.82, 2.24) is 10.3 Å². The molecule has 4 nitrogen and oxygen atoms in total. The minimum atomic E-state index is -0.183. The number of benzene rings is 1. The number of carbonyl (C=O) groups excluding carboxylic acids is 1. The maximum absolute atomic E-state index is 12.3. The van der Waals surface area contributed by atoms with Gasteiger partial charge in [-0.05, 0) is 25.1 Å². The van der Waals surface area contributed by atoms with Crippen LogP contribution < -0.4 is 11.1 Å². The molecule has 21 heavy (non-hydrogen) atoms. The molecule has 0 atom stereocenters. The highest BCUT2D eigenvalue weighted by Crippen LogP contribution is 2.35. The molecule has 3 aromatic rings. The van der Waals surface area contributed by atoms with E-state index in [1.165, 1.54) is 22.7 Å². The fourth-order valence-electron chi connectivity index (χ4n) is 1.98. The van der Waals surface area contributed by atoms with Crippen LogP contribution in [0.15, 0.2) is 23.6 Å². The molecular formula is C14H12ClN3OS2. The highest BCUT2D eigenvalue weighted by atomic mass is 35.5. The summed E-state index contributed by atoms with van der Waals surface area (Å²) in [5.74, 6) is -0.183. The highest BCUT2D eigenvalue weighted by molar-refractivity contribution is 7.21. The Morgan fingerprint density at radius 3 is 3.00 bits per heavy atom. The zero-order valence-corrected chi connectivity index (χ0v) is 13.5. The first-order valence-electron chi connectivity index (χ1n) is 6.21. The van der Waals surface area contributed by atoms with Gasteiger partial charge in [0.2, 0.25) is 0 Å². The third-order valence-electron chi connectivity index (χ3n) is 2.96. The van der Waals surface area contributed by atoms with Gasteiger partial charge in [0, 0.05) is 26.2 Å². The summed E-state index contributed by atoms with van der Waals surface area (Å²) in [6.45, 7) is 2.33. The number of aryl methyl sites for hydroxylation is 1. The van der Waals surface area contributed by atoms with Crippen LogP contribution in [0.5, 0.6) is 0 Å². The Labute approximate surface area is 134 Å². The number of nitrogen functional groups attached to an aromatic ring is 1. The molecule has 0 bridgehead atoms. The number of fused-ring (bicyclic) bond motifs is 1. The number of hydrogen-bond donors (Lipinski definition) is 2. The Kier molecular flexibility index (Phi) is 3.84. The molecule has 7 heteroatoms. The van der Waals surface area contributed by atoms with Crippen LogP contribution in [0.4, 0.5) is 5.69 Å². The first-order valence-corrected chi connectivity index (χ1v) is 8.28. The van der Waals surface area contributed by atoms with Crippen molar-refractivity contribution in [2.45, 2.75) is 13.5 Å². The van der Waals surface area contributed by atoms with Crippen molar-refractivity contribution < 1.29 is 4.79 Å². The third-order valence-corrected chi connectivity index (χ3v) is 5.35. The number of carbonyl (C=O) groups is 1. The second-order valence-corrected chi connectivity index (χ2v) is 6.98. The molecule has 0 spiro atoms. The monoisotopic (exact) mass is 337 g/mol. The number of nitrogens with two attached hydrogens (primary N) is 1. The van der Waals surface area contributed by atoms with Crippen molar-refractivity contribution in [2.24, 2.45) is 0 Å². The zero-order chi connectivity index (χ0) is 15.0. The molecule has 0 aliphatic rings. The van der Waals surface area contributed by atoms with Crippen molar-refractivity contribution >= 4 is 56.0 Å². The number of aromatic nitrogens is 1. The maximum atomic E-state index is 12.3. The van der Waals surface area contributed by atoms with Crippen molar-refractivity contribution in [2.75, 3.05) is 5.73 Å². The normalized spacial score (nSPS) is 11.0. The Hall–Kier alpha value is -1.63. The van der Waals surface area contributed by atoms with E-state index in [-0.39, 0.29) is 5.91 Å². The summed E-state index contributed by atoms with van der Waals surface area (Å²) in [6, 6.07) is 5.45. The molecule has 0 fully saturated rings. The van der Waals surface area contributed by atoms with Crippen LogP contribution >= 0.6 is 34.3 Å². The lowest BCUT2D eigenvalue weighted by atomic mass is 10.2. The topological polar surface area (TPSA) is 68.0 Å². The Morgan fingerprint density at radius 2 is 2.29 bits per heavy atom. The molecule has 3 rings (SSSR count). The standard InChI is InChI=1S/C14H12ClN3OS2/c1-7-6-20-11(18-7)5-17-14(19)13-12(16)9-4-8(15)2-3-10(9)21-13/h2-4,6H,5,16H2,1H3,(H,17,19). The molecule has 0 radical (unpaired) electrons. The molecule has 2 heterocycles. The fourth-order valence-corrected chi connectivity index (χ4v) is 3.88. The quantitative estimate of drug-likeness (QED) is 0.763. The number of anilines is 1. The third kappa shape index (κ3) is 2.88. The van der Waals surface area contributed by atoms with E-state index in [2.05, 4.69) is 10.3 Å². The number of rotatable bonds is 3. The van der Waals surface area contributed by atoms with Gasteiger partial charge >= 0.3 is 0 Å². The van der Waals surface area contributed by atoms with E-state index >= 15 is 0 Å². The molecule has 1 amide bonds. The predicted octanol–water partition coefficient (Wildman–Crippen LogP) is 3.83. The van der Waals surface area contributed by atoms with Gasteiger partial charge in [-0.3, -0.25) is 4.79 Å². The van der Waals surface area contributed by atoms with Crippen LogP contribution in [0.25, 0.3) is 10.1 Å². The van der Waals surface area contributed by atoms with Crippen LogP contribution in [-0.4, -0.2) is 10.9 Å². The van der Waals surface area contributed by atoms with E-state index in [0.29, 0.717) is 22.1 Å². The lowest BCUT2D eigenvalue weighted by Crippen LogP contribution is -2.22. The summed E-state index contributed by atoms with van der Waals surface area (Å²) in [6.07, 6.45) is 0. The van der Waals surface area contributed by atoms with Gasteiger partial charge in [-0.1, -0.05) is 11.6 Å². The minimum absolute atomic E-state index is 0.183. The van der Waals surface area contributed by atoms with Gasteiger partial charge in [0.25, 0.3) is 5.91 Å². The molecule has 108 valence electrons. The number of thiazole rings is 1. The lowest BCUT2D eigenvalue weighted by Gasteiger charge is -2.01. The van der Waals surface area contributed by atoms with Crippen LogP contribution in [0.3, 0.4) is 0 Å². The summed E-state index contributed by atoms with van der Waals surface area (Å²) in [4.78, 5) is 17.1. The molecule has 0 saturated heterocycles. The maximum Gasteiger partial charge on any atom is 0.263 e. The van der Waals surface area contributed by atoms with Gasteiger partial charge in [0.05, 0.1) is 12.2 Å². The van der Waals surface area contributed by atoms with Crippen molar-refractivity contribution in [3.8, 4) is 0 Å². The minimum Gasteiger partial charge on any atom is -0.397 e.